The second kappa shape index (κ2) is 3.43. The van der Waals surface area contributed by atoms with Gasteiger partial charge >= 0.3 is 0 Å². The van der Waals surface area contributed by atoms with Crippen molar-refractivity contribution >= 4 is 22.9 Å². The molecule has 0 atom stereocenters. The summed E-state index contributed by atoms with van der Waals surface area (Å²) in [4.78, 5) is 0.351. The average molecular weight is 219 g/mol. The zero-order valence-corrected chi connectivity index (χ0v) is 7.90. The number of hydrogen-bond donors (Lipinski definition) is 0. The molecule has 0 aromatic carbocycles. The molecule has 0 aliphatic heterocycles. The zero-order valence-electron chi connectivity index (χ0n) is 6.33. The van der Waals surface area contributed by atoms with Crippen molar-refractivity contribution in [3.05, 3.63) is 23.2 Å². The highest BCUT2D eigenvalue weighted by Crippen LogP contribution is 2.27. The minimum atomic E-state index is -0.352. The van der Waals surface area contributed by atoms with E-state index in [1.165, 1.54) is 17.4 Å². The first-order valence-corrected chi connectivity index (χ1v) is 4.84. The Labute approximate surface area is 82.2 Å². The molecule has 2 aromatic rings. The largest absolute Gasteiger partial charge is 0.418 e. The molecule has 0 amide bonds. The minimum Gasteiger partial charge on any atom is -0.418 e. The molecule has 0 radical (unpaired) electrons. The van der Waals surface area contributed by atoms with Crippen molar-refractivity contribution in [2.45, 2.75) is 5.88 Å². The molecule has 2 heterocycles. The number of thiophene rings is 1. The molecule has 6 heteroatoms. The highest BCUT2D eigenvalue weighted by Gasteiger charge is 2.13. The van der Waals surface area contributed by atoms with E-state index in [0.717, 1.165) is 0 Å². The van der Waals surface area contributed by atoms with Gasteiger partial charge in [0.2, 0.25) is 5.89 Å². The van der Waals surface area contributed by atoms with Crippen molar-refractivity contribution in [3.63, 3.8) is 0 Å². The molecule has 0 bridgehead atoms. The van der Waals surface area contributed by atoms with E-state index in [0.29, 0.717) is 10.8 Å². The molecule has 13 heavy (non-hydrogen) atoms. The van der Waals surface area contributed by atoms with Crippen molar-refractivity contribution in [2.75, 3.05) is 0 Å². The summed E-state index contributed by atoms with van der Waals surface area (Å²) >= 11 is 6.67. The molecule has 0 unspecified atom stereocenters. The summed E-state index contributed by atoms with van der Waals surface area (Å²) < 4.78 is 18.1. The summed E-state index contributed by atoms with van der Waals surface area (Å²) in [6.45, 7) is 0. The Kier molecular flexibility index (Phi) is 2.28. The van der Waals surface area contributed by atoms with Gasteiger partial charge in [0.15, 0.2) is 0 Å². The lowest BCUT2D eigenvalue weighted by Gasteiger charge is -1.86. The van der Waals surface area contributed by atoms with Gasteiger partial charge in [0, 0.05) is 0 Å². The summed E-state index contributed by atoms with van der Waals surface area (Å²) in [5.74, 6) is 0.266. The van der Waals surface area contributed by atoms with Gasteiger partial charge in [-0.3, -0.25) is 0 Å². The molecule has 0 fully saturated rings. The van der Waals surface area contributed by atoms with Crippen molar-refractivity contribution < 1.29 is 8.81 Å². The van der Waals surface area contributed by atoms with E-state index in [-0.39, 0.29) is 17.6 Å². The van der Waals surface area contributed by atoms with E-state index in [2.05, 4.69) is 10.2 Å². The first-order valence-electron chi connectivity index (χ1n) is 3.43. The third kappa shape index (κ3) is 1.57. The van der Waals surface area contributed by atoms with Gasteiger partial charge in [-0.05, 0) is 11.4 Å². The van der Waals surface area contributed by atoms with Gasteiger partial charge in [0.25, 0.3) is 5.89 Å². The standard InChI is InChI=1S/C7H4ClFN2OS/c8-3-5-10-11-7(12-5)6-4(9)1-2-13-6/h1-2H,3H2. The topological polar surface area (TPSA) is 38.9 Å². The van der Waals surface area contributed by atoms with Crippen LogP contribution in [0.5, 0.6) is 0 Å². The first kappa shape index (κ1) is 8.65. The second-order valence-corrected chi connectivity index (χ2v) is 3.42. The summed E-state index contributed by atoms with van der Waals surface area (Å²) in [5.41, 5.74) is 0. The van der Waals surface area contributed by atoms with Crippen LogP contribution in [0, 0.1) is 5.82 Å². The van der Waals surface area contributed by atoms with E-state index in [4.69, 9.17) is 16.0 Å². The Morgan fingerprint density at radius 2 is 2.38 bits per heavy atom. The fraction of sp³-hybridized carbons (Fsp3) is 0.143. The van der Waals surface area contributed by atoms with Crippen molar-refractivity contribution in [1.29, 1.82) is 0 Å². The van der Waals surface area contributed by atoms with Crippen molar-refractivity contribution in [1.82, 2.24) is 10.2 Å². The van der Waals surface area contributed by atoms with E-state index >= 15 is 0 Å². The van der Waals surface area contributed by atoms with Crippen LogP contribution in [0.15, 0.2) is 15.9 Å². The summed E-state index contributed by atoms with van der Waals surface area (Å²) in [5, 5.41) is 8.90. The van der Waals surface area contributed by atoms with Crippen LogP contribution in [0.3, 0.4) is 0 Å². The fourth-order valence-electron chi connectivity index (χ4n) is 0.846. The van der Waals surface area contributed by atoms with Crippen LogP contribution in [0.2, 0.25) is 0 Å². The molecule has 0 aliphatic rings. The van der Waals surface area contributed by atoms with Gasteiger partial charge in [0.05, 0.1) is 0 Å². The Morgan fingerprint density at radius 3 is 2.92 bits per heavy atom. The van der Waals surface area contributed by atoms with E-state index < -0.39 is 0 Å². The summed E-state index contributed by atoms with van der Waals surface area (Å²) in [6, 6.07) is 1.35. The SMILES string of the molecule is Fc1ccsc1-c1nnc(CCl)o1. The number of halogens is 2. The van der Waals surface area contributed by atoms with Crippen LogP contribution < -0.4 is 0 Å². The van der Waals surface area contributed by atoms with Crippen LogP contribution in [-0.2, 0) is 5.88 Å². The molecule has 0 spiro atoms. The van der Waals surface area contributed by atoms with Crippen LogP contribution >= 0.6 is 22.9 Å². The Balaban J connectivity index is 2.41. The number of hydrogen-bond acceptors (Lipinski definition) is 4. The molecular formula is C7H4ClFN2OS. The van der Waals surface area contributed by atoms with Gasteiger partial charge in [-0.2, -0.15) is 0 Å². The fourth-order valence-corrected chi connectivity index (χ4v) is 1.64. The number of alkyl halides is 1. The predicted molar refractivity (Wildman–Crippen MR) is 47.1 cm³/mol. The molecule has 0 N–H and O–H groups in total. The molecule has 3 nitrogen and oxygen atoms in total. The lowest BCUT2D eigenvalue weighted by atomic mass is 10.4. The van der Waals surface area contributed by atoms with Crippen LogP contribution in [-0.4, -0.2) is 10.2 Å². The lowest BCUT2D eigenvalue weighted by Crippen LogP contribution is -1.75. The smallest absolute Gasteiger partial charge is 0.260 e. The van der Waals surface area contributed by atoms with Gasteiger partial charge in [-0.15, -0.1) is 33.1 Å². The predicted octanol–water partition coefficient (Wildman–Crippen LogP) is 2.68. The molecule has 2 rings (SSSR count). The molecule has 0 aliphatic carbocycles. The highest BCUT2D eigenvalue weighted by molar-refractivity contribution is 7.13. The van der Waals surface area contributed by atoms with Crippen molar-refractivity contribution in [3.8, 4) is 10.8 Å². The summed E-state index contributed by atoms with van der Waals surface area (Å²) in [7, 11) is 0. The van der Waals surface area contributed by atoms with E-state index in [1.807, 2.05) is 0 Å². The Bertz CT molecular complexity index is 414. The zero-order chi connectivity index (χ0) is 9.26. The molecule has 2 aromatic heterocycles. The van der Waals surface area contributed by atoms with E-state index in [1.54, 1.807) is 5.38 Å². The molecule has 68 valence electrons. The maximum Gasteiger partial charge on any atom is 0.260 e. The van der Waals surface area contributed by atoms with Crippen LogP contribution in [0.1, 0.15) is 5.89 Å². The van der Waals surface area contributed by atoms with Crippen LogP contribution in [0.4, 0.5) is 4.39 Å². The quantitative estimate of drug-likeness (QED) is 0.728. The monoisotopic (exact) mass is 218 g/mol. The van der Waals surface area contributed by atoms with E-state index in [9.17, 15) is 4.39 Å². The maximum absolute atomic E-state index is 13.0. The highest BCUT2D eigenvalue weighted by atomic mass is 35.5. The first-order chi connectivity index (χ1) is 6.31. The second-order valence-electron chi connectivity index (χ2n) is 2.23. The number of nitrogens with zero attached hydrogens (tertiary/aromatic N) is 2. The molecular weight excluding hydrogens is 215 g/mol. The molecule has 0 saturated heterocycles. The number of rotatable bonds is 2. The number of aromatic nitrogens is 2. The Hall–Kier alpha value is -0.940. The maximum atomic E-state index is 13.0. The average Bonchev–Trinajstić information content (AvgIpc) is 2.71. The van der Waals surface area contributed by atoms with Gasteiger partial charge in [-0.25, -0.2) is 4.39 Å². The van der Waals surface area contributed by atoms with Gasteiger partial charge in [-0.1, -0.05) is 0 Å². The van der Waals surface area contributed by atoms with Crippen molar-refractivity contribution in [2.24, 2.45) is 0 Å². The van der Waals surface area contributed by atoms with Gasteiger partial charge in [0.1, 0.15) is 16.6 Å². The third-order valence-electron chi connectivity index (χ3n) is 1.39. The summed E-state index contributed by atoms with van der Waals surface area (Å²) in [6.07, 6.45) is 0. The third-order valence-corrected chi connectivity index (χ3v) is 2.50. The normalized spacial score (nSPS) is 10.6. The van der Waals surface area contributed by atoms with Crippen LogP contribution in [0.25, 0.3) is 10.8 Å². The van der Waals surface area contributed by atoms with Gasteiger partial charge < -0.3 is 4.42 Å². The molecule has 0 saturated carbocycles. The lowest BCUT2D eigenvalue weighted by molar-refractivity contribution is 0.523. The Morgan fingerprint density at radius 1 is 1.54 bits per heavy atom. The minimum absolute atomic E-state index is 0.139.